The van der Waals surface area contributed by atoms with Crippen molar-refractivity contribution in [3.63, 3.8) is 0 Å². The molecule has 3 aromatic rings. The van der Waals surface area contributed by atoms with E-state index in [9.17, 15) is 17.6 Å². The van der Waals surface area contributed by atoms with Crippen molar-refractivity contribution in [3.8, 4) is 5.69 Å². The fourth-order valence-corrected chi connectivity index (χ4v) is 5.84. The van der Waals surface area contributed by atoms with Gasteiger partial charge in [0.2, 0.25) is 15.9 Å². The number of hydrogen-bond acceptors (Lipinski definition) is 5. The van der Waals surface area contributed by atoms with Crippen LogP contribution in [0.1, 0.15) is 19.8 Å². The molecule has 1 aromatic heterocycles. The molecule has 1 amide bonds. The molecule has 2 heterocycles. The Hall–Kier alpha value is -2.69. The van der Waals surface area contributed by atoms with Gasteiger partial charge in [0.1, 0.15) is 5.82 Å². The summed E-state index contributed by atoms with van der Waals surface area (Å²) in [4.78, 5) is 17.2. The molecule has 1 saturated heterocycles. The molecule has 4 rings (SSSR count). The number of carbonyl (C=O) groups is 1. The lowest BCUT2D eigenvalue weighted by molar-refractivity contribution is -0.115. The molecule has 2 aromatic carbocycles. The minimum absolute atomic E-state index is 0.219. The normalized spacial score (nSPS) is 15.6. The fourth-order valence-electron chi connectivity index (χ4n) is 3.44. The number of sulfonamides is 1. The third-order valence-electron chi connectivity index (χ3n) is 5.17. The van der Waals surface area contributed by atoms with Crippen LogP contribution in [0.15, 0.2) is 71.0 Å². The van der Waals surface area contributed by atoms with Gasteiger partial charge in [0.15, 0.2) is 5.16 Å². The molecule has 1 atom stereocenters. The molecule has 0 unspecified atom stereocenters. The summed E-state index contributed by atoms with van der Waals surface area (Å²) in [6.07, 6.45) is 5.05. The van der Waals surface area contributed by atoms with Gasteiger partial charge in [-0.15, -0.1) is 0 Å². The molecule has 1 fully saturated rings. The molecule has 0 aliphatic carbocycles. The molecule has 32 heavy (non-hydrogen) atoms. The summed E-state index contributed by atoms with van der Waals surface area (Å²) in [6.45, 7) is 2.83. The number of halogens is 1. The van der Waals surface area contributed by atoms with E-state index in [1.807, 2.05) is 0 Å². The summed E-state index contributed by atoms with van der Waals surface area (Å²) in [5.41, 5.74) is 1.13. The molecule has 7 nitrogen and oxygen atoms in total. The minimum atomic E-state index is -3.49. The largest absolute Gasteiger partial charge is 0.325 e. The van der Waals surface area contributed by atoms with Crippen LogP contribution in [-0.4, -0.2) is 46.5 Å². The molecule has 1 aliphatic heterocycles. The summed E-state index contributed by atoms with van der Waals surface area (Å²) < 4.78 is 42.0. The van der Waals surface area contributed by atoms with E-state index in [4.69, 9.17) is 0 Å². The van der Waals surface area contributed by atoms with E-state index in [0.717, 1.165) is 12.8 Å². The highest BCUT2D eigenvalue weighted by Gasteiger charge is 2.27. The van der Waals surface area contributed by atoms with Crippen LogP contribution in [0.2, 0.25) is 0 Å². The second-order valence-electron chi connectivity index (χ2n) is 7.44. The van der Waals surface area contributed by atoms with Crippen molar-refractivity contribution in [2.24, 2.45) is 0 Å². The van der Waals surface area contributed by atoms with E-state index in [2.05, 4.69) is 10.3 Å². The second kappa shape index (κ2) is 9.43. The Morgan fingerprint density at radius 2 is 1.88 bits per heavy atom. The predicted molar refractivity (Wildman–Crippen MR) is 122 cm³/mol. The van der Waals surface area contributed by atoms with Crippen molar-refractivity contribution in [2.75, 3.05) is 18.4 Å². The van der Waals surface area contributed by atoms with Crippen LogP contribution >= 0.6 is 11.8 Å². The molecule has 10 heteroatoms. The molecule has 0 radical (unpaired) electrons. The maximum Gasteiger partial charge on any atom is 0.243 e. The Morgan fingerprint density at radius 3 is 2.56 bits per heavy atom. The number of thioether (sulfide) groups is 1. The average Bonchev–Trinajstić information content (AvgIpc) is 3.47. The van der Waals surface area contributed by atoms with E-state index in [1.54, 1.807) is 48.1 Å². The Morgan fingerprint density at radius 1 is 1.16 bits per heavy atom. The van der Waals surface area contributed by atoms with Crippen LogP contribution in [0.3, 0.4) is 0 Å². The van der Waals surface area contributed by atoms with Gasteiger partial charge >= 0.3 is 0 Å². The van der Waals surface area contributed by atoms with Crippen molar-refractivity contribution in [1.82, 2.24) is 13.9 Å². The lowest BCUT2D eigenvalue weighted by Gasteiger charge is -2.16. The first-order chi connectivity index (χ1) is 15.3. The maximum absolute atomic E-state index is 13.6. The van der Waals surface area contributed by atoms with Gasteiger partial charge in [0.25, 0.3) is 0 Å². The van der Waals surface area contributed by atoms with Crippen molar-refractivity contribution >= 4 is 33.4 Å². The van der Waals surface area contributed by atoms with Crippen molar-refractivity contribution in [2.45, 2.75) is 35.1 Å². The summed E-state index contributed by atoms with van der Waals surface area (Å²) >= 11 is 1.24. The quantitative estimate of drug-likeness (QED) is 0.525. The van der Waals surface area contributed by atoms with Gasteiger partial charge < -0.3 is 5.32 Å². The molecule has 0 saturated carbocycles. The van der Waals surface area contributed by atoms with E-state index >= 15 is 0 Å². The Balaban J connectivity index is 1.41. The zero-order valence-corrected chi connectivity index (χ0v) is 19.1. The highest BCUT2D eigenvalue weighted by Crippen LogP contribution is 2.26. The highest BCUT2D eigenvalue weighted by atomic mass is 32.2. The van der Waals surface area contributed by atoms with E-state index < -0.39 is 15.3 Å². The van der Waals surface area contributed by atoms with Gasteiger partial charge in [-0.05, 0) is 62.2 Å². The van der Waals surface area contributed by atoms with Crippen molar-refractivity contribution in [3.05, 3.63) is 66.7 Å². The number of amides is 1. The molecule has 0 bridgehead atoms. The summed E-state index contributed by atoms with van der Waals surface area (Å²) in [5.74, 6) is -0.605. The monoisotopic (exact) mass is 474 g/mol. The number of benzene rings is 2. The Labute approximate surface area is 190 Å². The number of anilines is 1. The number of aromatic nitrogens is 2. The fraction of sp³-hybridized carbons (Fsp3) is 0.273. The molecule has 168 valence electrons. The number of carbonyl (C=O) groups excluding carboxylic acids is 1. The van der Waals surface area contributed by atoms with E-state index in [1.165, 1.54) is 40.3 Å². The zero-order valence-electron chi connectivity index (χ0n) is 17.4. The van der Waals surface area contributed by atoms with Gasteiger partial charge in [0, 0.05) is 31.2 Å². The number of nitrogens with one attached hydrogen (secondary N) is 1. The number of nitrogens with zero attached hydrogens (tertiary/aromatic N) is 3. The standard InChI is InChI=1S/C22H23FN4O3S2/c1-16(31-22-24-11-14-27(22)19-6-4-5-17(23)15-19)21(28)25-18-7-9-20(10-8-18)32(29,30)26-12-2-3-13-26/h4-11,14-16H,2-3,12-13H2,1H3,(H,25,28)/t16-/m1/s1. The lowest BCUT2D eigenvalue weighted by Crippen LogP contribution is -2.27. The number of imidazole rings is 1. The SMILES string of the molecule is C[C@@H](Sc1nccn1-c1cccc(F)c1)C(=O)Nc1ccc(S(=O)(=O)N2CCCC2)cc1. The van der Waals surface area contributed by atoms with Crippen LogP contribution in [0.4, 0.5) is 10.1 Å². The molecular formula is C22H23FN4O3S2. The van der Waals surface area contributed by atoms with Crippen LogP contribution in [0.25, 0.3) is 5.69 Å². The first-order valence-corrected chi connectivity index (χ1v) is 12.5. The Bertz CT molecular complexity index is 1210. The van der Waals surface area contributed by atoms with Gasteiger partial charge in [-0.25, -0.2) is 17.8 Å². The van der Waals surface area contributed by atoms with Crippen LogP contribution in [-0.2, 0) is 14.8 Å². The van der Waals surface area contributed by atoms with Crippen LogP contribution in [0, 0.1) is 5.82 Å². The van der Waals surface area contributed by atoms with E-state index in [0.29, 0.717) is 29.6 Å². The van der Waals surface area contributed by atoms with Gasteiger partial charge in [-0.3, -0.25) is 9.36 Å². The third-order valence-corrected chi connectivity index (χ3v) is 8.16. The third kappa shape index (κ3) is 4.87. The first kappa shape index (κ1) is 22.5. The Kier molecular flexibility index (Phi) is 6.63. The van der Waals surface area contributed by atoms with Crippen molar-refractivity contribution in [1.29, 1.82) is 0 Å². The smallest absolute Gasteiger partial charge is 0.243 e. The first-order valence-electron chi connectivity index (χ1n) is 10.2. The molecule has 1 N–H and O–H groups in total. The molecular weight excluding hydrogens is 451 g/mol. The molecule has 1 aliphatic rings. The summed E-state index contributed by atoms with van der Waals surface area (Å²) in [6, 6.07) is 12.3. The number of rotatable bonds is 7. The van der Waals surface area contributed by atoms with Gasteiger partial charge in [0.05, 0.1) is 15.8 Å². The lowest BCUT2D eigenvalue weighted by atomic mass is 10.3. The van der Waals surface area contributed by atoms with Crippen molar-refractivity contribution < 1.29 is 17.6 Å². The van der Waals surface area contributed by atoms with Gasteiger partial charge in [-0.1, -0.05) is 17.8 Å². The predicted octanol–water partition coefficient (Wildman–Crippen LogP) is 3.92. The summed E-state index contributed by atoms with van der Waals surface area (Å²) in [5, 5.41) is 2.88. The topological polar surface area (TPSA) is 84.3 Å². The van der Waals surface area contributed by atoms with Gasteiger partial charge in [-0.2, -0.15) is 4.31 Å². The molecule has 0 spiro atoms. The number of hydrogen-bond donors (Lipinski definition) is 1. The maximum atomic E-state index is 13.6. The zero-order chi connectivity index (χ0) is 22.7. The van der Waals surface area contributed by atoms with E-state index in [-0.39, 0.29) is 16.6 Å². The summed E-state index contributed by atoms with van der Waals surface area (Å²) in [7, 11) is -3.49. The highest BCUT2D eigenvalue weighted by molar-refractivity contribution is 8.00. The van der Waals surface area contributed by atoms with Crippen LogP contribution in [0.5, 0.6) is 0 Å². The second-order valence-corrected chi connectivity index (χ2v) is 10.7. The van der Waals surface area contributed by atoms with Crippen LogP contribution < -0.4 is 5.32 Å². The average molecular weight is 475 g/mol. The minimum Gasteiger partial charge on any atom is -0.325 e.